The van der Waals surface area contributed by atoms with E-state index in [0.717, 1.165) is 33.1 Å². The predicted molar refractivity (Wildman–Crippen MR) is 239 cm³/mol. The minimum absolute atomic E-state index is 0.0809. The first-order chi connectivity index (χ1) is 29.1. The van der Waals surface area contributed by atoms with Crippen molar-refractivity contribution >= 4 is 35.3 Å². The molecule has 4 aromatic rings. The van der Waals surface area contributed by atoms with Crippen molar-refractivity contribution in [3.63, 3.8) is 0 Å². The highest BCUT2D eigenvalue weighted by Crippen LogP contribution is 2.26. The molecule has 3 heterocycles. The molecule has 2 aromatic heterocycles. The zero-order valence-corrected chi connectivity index (χ0v) is 37.6. The zero-order valence-electron chi connectivity index (χ0n) is 36.8. The molecule has 6 atom stereocenters. The Balaban J connectivity index is 1.40. The fourth-order valence-corrected chi connectivity index (χ4v) is 8.45. The summed E-state index contributed by atoms with van der Waals surface area (Å²) in [7, 11) is 1.24. The lowest BCUT2D eigenvalue weighted by Crippen LogP contribution is -2.58. The van der Waals surface area contributed by atoms with Crippen LogP contribution < -0.4 is 16.0 Å². The molecule has 0 aliphatic carbocycles. The molecular weight excluding hydrogens is 791 g/mol. The van der Waals surface area contributed by atoms with Gasteiger partial charge in [0.25, 0.3) is 0 Å². The van der Waals surface area contributed by atoms with Gasteiger partial charge in [-0.15, -0.1) is 11.3 Å². The quantitative estimate of drug-likeness (QED) is 0.0787. The van der Waals surface area contributed by atoms with Gasteiger partial charge in [-0.05, 0) is 53.9 Å². The van der Waals surface area contributed by atoms with Gasteiger partial charge >= 0.3 is 12.1 Å². The monoisotopic (exact) mass is 853 g/mol. The van der Waals surface area contributed by atoms with Gasteiger partial charge in [-0.3, -0.25) is 14.6 Å². The van der Waals surface area contributed by atoms with E-state index in [1.165, 1.54) is 7.11 Å². The lowest BCUT2D eigenvalue weighted by atomic mass is 9.85. The summed E-state index contributed by atoms with van der Waals surface area (Å²) in [6, 6.07) is 19.9. The summed E-state index contributed by atoms with van der Waals surface area (Å²) in [6.07, 6.45) is 1.23. The van der Waals surface area contributed by atoms with Crippen molar-refractivity contribution in [1.82, 2.24) is 35.7 Å². The van der Waals surface area contributed by atoms with Gasteiger partial charge in [-0.1, -0.05) is 116 Å². The number of amides is 5. The molecule has 1 aliphatic rings. The molecule has 6 unspecified atom stereocenters. The molecular formula is C47H63N7O6S. The first-order valence-electron chi connectivity index (χ1n) is 21.2. The Hall–Kier alpha value is -5.34. The van der Waals surface area contributed by atoms with E-state index in [1.54, 1.807) is 27.3 Å². The number of alkyl carbamates (subject to hydrolysis) is 1. The normalized spacial score (nSPS) is 16.1. The Labute approximate surface area is 364 Å². The number of hydrogen-bond acceptors (Lipinski definition) is 9. The van der Waals surface area contributed by atoms with Crippen LogP contribution in [-0.2, 0) is 33.7 Å². The SMILES string of the molecule is CCC(C)C(C(=O)NC(Cc1ccccc1)CC(O)C(Cc1ccc(-c2ccccn2)cc1)NC(=O)C(NC(=O)OC)C(C)(C)C)N1CCN(Cc2csc(C(C)C)n2)C1=O. The van der Waals surface area contributed by atoms with Gasteiger partial charge in [0.05, 0.1) is 42.2 Å². The third-order valence-electron chi connectivity index (χ3n) is 11.3. The maximum atomic E-state index is 14.6. The van der Waals surface area contributed by atoms with Crippen molar-refractivity contribution < 1.29 is 29.0 Å². The molecule has 5 rings (SSSR count). The summed E-state index contributed by atoms with van der Waals surface area (Å²) in [5.41, 5.74) is 3.68. The number of nitrogens with one attached hydrogen (secondary N) is 3. The molecule has 5 amide bonds. The number of aliphatic hydroxyl groups excluding tert-OH is 1. The topological polar surface area (TPSA) is 166 Å². The van der Waals surface area contributed by atoms with Crippen molar-refractivity contribution in [3.05, 3.63) is 106 Å². The summed E-state index contributed by atoms with van der Waals surface area (Å²) in [6.45, 7) is 14.9. The number of aliphatic hydroxyl groups is 1. The number of ether oxygens (including phenoxy) is 1. The molecule has 1 aliphatic heterocycles. The summed E-state index contributed by atoms with van der Waals surface area (Å²) in [5.74, 6) is -0.641. The Kier molecular flexibility index (Phi) is 16.4. The van der Waals surface area contributed by atoms with Crippen LogP contribution in [-0.4, -0.2) is 99.3 Å². The second-order valence-corrected chi connectivity index (χ2v) is 18.3. The van der Waals surface area contributed by atoms with Crippen LogP contribution in [0, 0.1) is 11.3 Å². The number of methoxy groups -OCH3 is 1. The number of hydrogen-bond donors (Lipinski definition) is 4. The van der Waals surface area contributed by atoms with Crippen molar-refractivity contribution in [3.8, 4) is 11.3 Å². The fraction of sp³-hybridized carbons (Fsp3) is 0.489. The number of benzene rings is 2. The maximum absolute atomic E-state index is 14.6. The number of pyridine rings is 1. The van der Waals surface area contributed by atoms with E-state index in [9.17, 15) is 24.3 Å². The number of thiazole rings is 1. The number of rotatable bonds is 19. The summed E-state index contributed by atoms with van der Waals surface area (Å²) < 4.78 is 4.84. The second kappa shape index (κ2) is 21.4. The Morgan fingerprint density at radius 3 is 2.18 bits per heavy atom. The highest BCUT2D eigenvalue weighted by atomic mass is 32.1. The van der Waals surface area contributed by atoms with Gasteiger partial charge < -0.3 is 35.6 Å². The highest BCUT2D eigenvalue weighted by molar-refractivity contribution is 7.09. The molecule has 328 valence electrons. The van der Waals surface area contributed by atoms with Crippen molar-refractivity contribution in [1.29, 1.82) is 0 Å². The molecule has 2 aromatic carbocycles. The number of nitrogens with zero attached hydrogens (tertiary/aromatic N) is 4. The van der Waals surface area contributed by atoms with Crippen LogP contribution in [0.4, 0.5) is 9.59 Å². The lowest BCUT2D eigenvalue weighted by Gasteiger charge is -2.35. The van der Waals surface area contributed by atoms with Gasteiger partial charge in [0.2, 0.25) is 11.8 Å². The van der Waals surface area contributed by atoms with Crippen molar-refractivity contribution in [2.45, 2.75) is 117 Å². The average molecular weight is 854 g/mol. The van der Waals surface area contributed by atoms with Gasteiger partial charge in [-0.25, -0.2) is 14.6 Å². The number of carbonyl (C=O) groups excluding carboxylic acids is 4. The Bertz CT molecular complexity index is 2040. The summed E-state index contributed by atoms with van der Waals surface area (Å²) in [4.78, 5) is 67.6. The molecule has 61 heavy (non-hydrogen) atoms. The Morgan fingerprint density at radius 1 is 0.885 bits per heavy atom. The van der Waals surface area contributed by atoms with E-state index in [2.05, 4.69) is 34.8 Å². The van der Waals surface area contributed by atoms with E-state index < -0.39 is 47.7 Å². The lowest BCUT2D eigenvalue weighted by molar-refractivity contribution is -0.129. The standard InChI is InChI=1S/C47H63N7O6S/c1-9-31(4)40(54-24-23-53(46(54)59)28-36-29-61-44(50-36)30(2)3)42(56)49-35(25-32-15-11-10-12-16-32)27-39(55)38(51-43(57)41(47(5,6)7)52-45(58)60-8)26-33-18-20-34(21-19-33)37-17-13-14-22-48-37/h10-22,29-31,35,38-41,55H,9,23-28H2,1-8H3,(H,49,56)(H,51,57)(H,52,58). The van der Waals surface area contributed by atoms with E-state index in [0.29, 0.717) is 38.4 Å². The molecule has 4 N–H and O–H groups in total. The summed E-state index contributed by atoms with van der Waals surface area (Å²) >= 11 is 1.59. The van der Waals surface area contributed by atoms with Crippen LogP contribution in [0.15, 0.2) is 84.4 Å². The smallest absolute Gasteiger partial charge is 0.407 e. The second-order valence-electron chi connectivity index (χ2n) is 17.4. The van der Waals surface area contributed by atoms with Crippen LogP contribution in [0.2, 0.25) is 0 Å². The van der Waals surface area contributed by atoms with Gasteiger partial charge in [0.1, 0.15) is 12.1 Å². The van der Waals surface area contributed by atoms with Crippen LogP contribution in [0.3, 0.4) is 0 Å². The molecule has 13 nitrogen and oxygen atoms in total. The van der Waals surface area contributed by atoms with E-state index in [1.807, 2.05) is 113 Å². The van der Waals surface area contributed by atoms with Crippen LogP contribution >= 0.6 is 11.3 Å². The van der Waals surface area contributed by atoms with Crippen molar-refractivity contribution in [2.75, 3.05) is 20.2 Å². The molecule has 0 bridgehead atoms. The number of aromatic nitrogens is 2. The zero-order chi connectivity index (χ0) is 44.3. The molecule has 0 spiro atoms. The predicted octanol–water partition coefficient (Wildman–Crippen LogP) is 6.96. The fourth-order valence-electron chi connectivity index (χ4n) is 7.63. The molecule has 1 saturated heterocycles. The maximum Gasteiger partial charge on any atom is 0.407 e. The number of carbonyl (C=O) groups is 4. The third-order valence-corrected chi connectivity index (χ3v) is 12.5. The minimum Gasteiger partial charge on any atom is -0.453 e. The largest absolute Gasteiger partial charge is 0.453 e. The van der Waals surface area contributed by atoms with Crippen LogP contribution in [0.5, 0.6) is 0 Å². The van der Waals surface area contributed by atoms with Gasteiger partial charge in [0, 0.05) is 42.2 Å². The first kappa shape index (κ1) is 46.7. The van der Waals surface area contributed by atoms with Crippen molar-refractivity contribution in [2.24, 2.45) is 11.3 Å². The molecule has 0 radical (unpaired) electrons. The van der Waals surface area contributed by atoms with Gasteiger partial charge in [-0.2, -0.15) is 0 Å². The van der Waals surface area contributed by atoms with Crippen LogP contribution in [0.1, 0.15) is 89.1 Å². The highest BCUT2D eigenvalue weighted by Gasteiger charge is 2.41. The van der Waals surface area contributed by atoms with Crippen LogP contribution in [0.25, 0.3) is 11.3 Å². The Morgan fingerprint density at radius 2 is 1.57 bits per heavy atom. The first-order valence-corrected chi connectivity index (χ1v) is 22.1. The van der Waals surface area contributed by atoms with E-state index >= 15 is 0 Å². The molecule has 1 fully saturated rings. The summed E-state index contributed by atoms with van der Waals surface area (Å²) in [5, 5.41) is 24.2. The molecule has 0 saturated carbocycles. The van der Waals surface area contributed by atoms with E-state index in [4.69, 9.17) is 9.72 Å². The minimum atomic E-state index is -1.15. The molecule has 14 heteroatoms. The number of urea groups is 1. The van der Waals surface area contributed by atoms with Gasteiger partial charge in [0.15, 0.2) is 0 Å². The average Bonchev–Trinajstić information content (AvgIpc) is 3.86. The third kappa shape index (κ3) is 12.8. The van der Waals surface area contributed by atoms with E-state index in [-0.39, 0.29) is 30.7 Å².